The van der Waals surface area contributed by atoms with Crippen molar-refractivity contribution in [1.29, 1.82) is 0 Å². The molecule has 0 aliphatic carbocycles. The zero-order valence-corrected chi connectivity index (χ0v) is 15.5. The molecule has 0 saturated heterocycles. The Morgan fingerprint density at radius 3 is 2.25 bits per heavy atom. The molecule has 1 amide bonds. The van der Waals surface area contributed by atoms with E-state index in [0.717, 1.165) is 5.56 Å². The summed E-state index contributed by atoms with van der Waals surface area (Å²) in [4.78, 5) is 23.7. The fraction of sp³-hybridized carbons (Fsp3) is 0.333. The molecule has 128 valence electrons. The largest absolute Gasteiger partial charge is 0.348 e. The molecule has 0 aliphatic rings. The van der Waals surface area contributed by atoms with E-state index in [2.05, 4.69) is 25.6 Å². The fourth-order valence-electron chi connectivity index (χ4n) is 1.88. The van der Waals surface area contributed by atoms with Crippen molar-refractivity contribution in [3.63, 3.8) is 0 Å². The molecule has 0 saturated carbocycles. The molecule has 2 aromatic rings. The van der Waals surface area contributed by atoms with Crippen LogP contribution in [0.3, 0.4) is 0 Å². The van der Waals surface area contributed by atoms with Gasteiger partial charge in [-0.15, -0.1) is 0 Å². The van der Waals surface area contributed by atoms with Crippen LogP contribution in [-0.4, -0.2) is 20.9 Å². The lowest BCUT2D eigenvalue weighted by Crippen LogP contribution is -2.19. The maximum absolute atomic E-state index is 11.3. The average molecular weight is 389 g/mol. The van der Waals surface area contributed by atoms with Crippen molar-refractivity contribution in [2.24, 2.45) is 0 Å². The second-order valence-electron chi connectivity index (χ2n) is 5.29. The maximum atomic E-state index is 11.3. The van der Waals surface area contributed by atoms with Crippen LogP contribution in [0.5, 0.6) is 0 Å². The summed E-state index contributed by atoms with van der Waals surface area (Å²) in [5.74, 6) is 0.148. The van der Waals surface area contributed by atoms with Crippen molar-refractivity contribution < 1.29 is 4.79 Å². The first kappa shape index (κ1) is 18.7. The van der Waals surface area contributed by atoms with Gasteiger partial charge in [0.2, 0.25) is 17.8 Å². The van der Waals surface area contributed by atoms with Crippen LogP contribution in [0.15, 0.2) is 24.3 Å². The molecule has 2 N–H and O–H groups in total. The highest BCUT2D eigenvalue weighted by molar-refractivity contribution is 6.47. The Kier molecular flexibility index (Phi) is 5.85. The van der Waals surface area contributed by atoms with Crippen molar-refractivity contribution in [3.05, 3.63) is 40.7 Å². The van der Waals surface area contributed by atoms with Crippen LogP contribution in [0.2, 0.25) is 5.02 Å². The van der Waals surface area contributed by atoms with Crippen molar-refractivity contribution >= 4 is 52.6 Å². The van der Waals surface area contributed by atoms with Gasteiger partial charge in [-0.3, -0.25) is 10.1 Å². The highest BCUT2D eigenvalue weighted by atomic mass is 35.5. The first-order valence-electron chi connectivity index (χ1n) is 7.09. The lowest BCUT2D eigenvalue weighted by atomic mass is 10.1. The number of nitrogens with zero attached hydrogens (tertiary/aromatic N) is 3. The summed E-state index contributed by atoms with van der Waals surface area (Å²) in [6.07, 6.45) is 0. The molecule has 1 aromatic carbocycles. The Morgan fingerprint density at radius 2 is 1.71 bits per heavy atom. The number of carbonyl (C=O) groups is 1. The highest BCUT2D eigenvalue weighted by Crippen LogP contribution is 2.31. The zero-order chi connectivity index (χ0) is 17.9. The lowest BCUT2D eigenvalue weighted by molar-refractivity contribution is -0.114. The predicted molar refractivity (Wildman–Crippen MR) is 96.7 cm³/mol. The van der Waals surface area contributed by atoms with Gasteiger partial charge in [0.1, 0.15) is 0 Å². The first-order valence-corrected chi connectivity index (χ1v) is 8.22. The van der Waals surface area contributed by atoms with Gasteiger partial charge in [0.05, 0.1) is 6.04 Å². The smallest absolute Gasteiger partial charge is 0.234 e. The van der Waals surface area contributed by atoms with E-state index in [9.17, 15) is 4.79 Å². The zero-order valence-electron chi connectivity index (χ0n) is 13.3. The topological polar surface area (TPSA) is 79.8 Å². The number of aromatic nitrogens is 3. The van der Waals surface area contributed by atoms with Gasteiger partial charge in [0.15, 0.2) is 10.2 Å². The standard InChI is InChI=1S/C15H16Cl3N5O/c1-8(10-4-6-11(16)7-5-10)19-13-21-12(15(3,17)18)22-14(23-13)20-9(2)24/h4-8H,1-3H3,(H2,19,20,21,22,23,24). The predicted octanol–water partition coefficient (Wildman–Crippen LogP) is 4.31. The van der Waals surface area contributed by atoms with Gasteiger partial charge in [-0.1, -0.05) is 46.9 Å². The number of rotatable bonds is 5. The normalized spacial score (nSPS) is 12.6. The molecule has 0 bridgehead atoms. The highest BCUT2D eigenvalue weighted by Gasteiger charge is 2.26. The lowest BCUT2D eigenvalue weighted by Gasteiger charge is -2.18. The van der Waals surface area contributed by atoms with Gasteiger partial charge in [-0.2, -0.15) is 15.0 Å². The Hall–Kier alpha value is -1.63. The molecular formula is C15H16Cl3N5O. The van der Waals surface area contributed by atoms with Gasteiger partial charge in [0, 0.05) is 11.9 Å². The quantitative estimate of drug-likeness (QED) is 0.746. The minimum absolute atomic E-state index is 0.0748. The van der Waals surface area contributed by atoms with E-state index < -0.39 is 4.33 Å². The second-order valence-corrected chi connectivity index (χ2v) is 7.44. The molecule has 2 rings (SSSR count). The molecule has 0 fully saturated rings. The molecule has 1 aromatic heterocycles. The number of hydrogen-bond donors (Lipinski definition) is 2. The van der Waals surface area contributed by atoms with Crippen molar-refractivity contribution in [2.75, 3.05) is 10.6 Å². The molecule has 0 aliphatic heterocycles. The van der Waals surface area contributed by atoms with Crippen molar-refractivity contribution in [3.8, 4) is 0 Å². The number of hydrogen-bond acceptors (Lipinski definition) is 5. The SMILES string of the molecule is CC(=O)Nc1nc(NC(C)c2ccc(Cl)cc2)nc(C(C)(Cl)Cl)n1. The summed E-state index contributed by atoms with van der Waals surface area (Å²) < 4.78 is -1.32. The number of anilines is 2. The van der Waals surface area contributed by atoms with E-state index in [4.69, 9.17) is 34.8 Å². The minimum atomic E-state index is -1.32. The molecular weight excluding hydrogens is 373 g/mol. The molecule has 6 nitrogen and oxygen atoms in total. The third-order valence-electron chi connectivity index (χ3n) is 3.03. The van der Waals surface area contributed by atoms with Crippen LogP contribution in [0.4, 0.5) is 11.9 Å². The number of amides is 1. The van der Waals surface area contributed by atoms with Crippen molar-refractivity contribution in [1.82, 2.24) is 15.0 Å². The molecule has 0 radical (unpaired) electrons. The minimum Gasteiger partial charge on any atom is -0.348 e. The average Bonchev–Trinajstić information content (AvgIpc) is 2.46. The van der Waals surface area contributed by atoms with E-state index in [0.29, 0.717) is 5.02 Å². The Balaban J connectivity index is 2.30. The summed E-state index contributed by atoms with van der Waals surface area (Å²) >= 11 is 18.0. The van der Waals surface area contributed by atoms with E-state index in [-0.39, 0.29) is 29.7 Å². The molecule has 1 heterocycles. The molecule has 1 atom stereocenters. The maximum Gasteiger partial charge on any atom is 0.234 e. The number of benzene rings is 1. The van der Waals surface area contributed by atoms with Crippen LogP contribution in [0, 0.1) is 0 Å². The van der Waals surface area contributed by atoms with Crippen LogP contribution in [0.1, 0.15) is 38.2 Å². The third kappa shape index (κ3) is 5.19. The van der Waals surface area contributed by atoms with Gasteiger partial charge in [-0.05, 0) is 31.5 Å². The summed E-state index contributed by atoms with van der Waals surface area (Å²) in [5.41, 5.74) is 0.988. The first-order chi connectivity index (χ1) is 11.1. The number of alkyl halides is 2. The van der Waals surface area contributed by atoms with Crippen molar-refractivity contribution in [2.45, 2.75) is 31.1 Å². The van der Waals surface area contributed by atoms with Crippen LogP contribution in [-0.2, 0) is 9.13 Å². The summed E-state index contributed by atoms with van der Waals surface area (Å²) in [5, 5.41) is 6.29. The summed E-state index contributed by atoms with van der Waals surface area (Å²) in [6, 6.07) is 7.27. The van der Waals surface area contributed by atoms with Crippen LogP contribution >= 0.6 is 34.8 Å². The third-order valence-corrected chi connectivity index (χ3v) is 3.62. The molecule has 1 unspecified atom stereocenters. The molecule has 24 heavy (non-hydrogen) atoms. The van der Waals surface area contributed by atoms with Gasteiger partial charge < -0.3 is 5.32 Å². The summed E-state index contributed by atoms with van der Waals surface area (Å²) in [7, 11) is 0. The van der Waals surface area contributed by atoms with E-state index in [1.807, 2.05) is 19.1 Å². The van der Waals surface area contributed by atoms with Crippen LogP contribution < -0.4 is 10.6 Å². The molecule has 0 spiro atoms. The van der Waals surface area contributed by atoms with E-state index in [1.165, 1.54) is 13.8 Å². The van der Waals surface area contributed by atoms with E-state index >= 15 is 0 Å². The van der Waals surface area contributed by atoms with Gasteiger partial charge in [0.25, 0.3) is 0 Å². The van der Waals surface area contributed by atoms with Crippen LogP contribution in [0.25, 0.3) is 0 Å². The number of nitrogens with one attached hydrogen (secondary N) is 2. The number of halogens is 3. The number of carbonyl (C=O) groups excluding carboxylic acids is 1. The van der Waals surface area contributed by atoms with E-state index in [1.54, 1.807) is 12.1 Å². The second kappa shape index (κ2) is 7.51. The Labute approximate surface area is 155 Å². The molecule has 9 heteroatoms. The summed E-state index contributed by atoms with van der Waals surface area (Å²) in [6.45, 7) is 4.83. The van der Waals surface area contributed by atoms with Gasteiger partial charge in [-0.25, -0.2) is 0 Å². The fourth-order valence-corrected chi connectivity index (χ4v) is 2.17. The van der Waals surface area contributed by atoms with Gasteiger partial charge >= 0.3 is 0 Å². The monoisotopic (exact) mass is 387 g/mol. The Bertz CT molecular complexity index is 731. The Morgan fingerprint density at radius 1 is 1.12 bits per heavy atom.